The van der Waals surface area contributed by atoms with Gasteiger partial charge in [-0.1, -0.05) is 42.5 Å². The quantitative estimate of drug-likeness (QED) is 0.208. The summed E-state index contributed by atoms with van der Waals surface area (Å²) in [4.78, 5) is 24.0. The molecule has 1 fully saturated rings. The van der Waals surface area contributed by atoms with Crippen LogP contribution in [0, 0.1) is 0 Å². The van der Waals surface area contributed by atoms with E-state index >= 15 is 0 Å². The van der Waals surface area contributed by atoms with Gasteiger partial charge >= 0.3 is 12.1 Å². The average Bonchev–Trinajstić information content (AvgIpc) is 3.60. The number of benzene rings is 4. The number of fused-ring (bicyclic) bond motifs is 2. The van der Waals surface area contributed by atoms with Crippen molar-refractivity contribution in [1.82, 2.24) is 4.57 Å². The van der Waals surface area contributed by atoms with E-state index in [4.69, 9.17) is 9.47 Å². The van der Waals surface area contributed by atoms with Gasteiger partial charge in [-0.25, -0.2) is 9.59 Å². The summed E-state index contributed by atoms with van der Waals surface area (Å²) in [7, 11) is 1.55. The van der Waals surface area contributed by atoms with Crippen molar-refractivity contribution in [3.8, 4) is 5.75 Å². The van der Waals surface area contributed by atoms with Crippen LogP contribution in [0.5, 0.6) is 5.75 Å². The van der Waals surface area contributed by atoms with Crippen LogP contribution in [0.3, 0.4) is 0 Å². The van der Waals surface area contributed by atoms with Crippen LogP contribution in [0.25, 0.3) is 21.7 Å². The van der Waals surface area contributed by atoms with Gasteiger partial charge in [-0.15, -0.1) is 0 Å². The summed E-state index contributed by atoms with van der Waals surface area (Å²) in [5, 5.41) is 15.7. The maximum atomic E-state index is 12.5. The van der Waals surface area contributed by atoms with Crippen LogP contribution in [0.4, 0.5) is 10.5 Å². The fourth-order valence-corrected chi connectivity index (χ4v) is 5.78. The molecule has 5 aromatic rings. The molecular formula is C34H32N2O5. The Bertz CT molecular complexity index is 1750. The van der Waals surface area contributed by atoms with E-state index < -0.39 is 12.1 Å². The molecule has 0 spiro atoms. The Morgan fingerprint density at radius 1 is 0.902 bits per heavy atom. The Morgan fingerprint density at radius 2 is 1.71 bits per heavy atom. The lowest BCUT2D eigenvalue weighted by molar-refractivity contribution is 0.0696. The minimum Gasteiger partial charge on any atom is -0.496 e. The summed E-state index contributed by atoms with van der Waals surface area (Å²) in [5.74, 6) is -0.462. The van der Waals surface area contributed by atoms with Gasteiger partial charge in [0, 0.05) is 40.8 Å². The van der Waals surface area contributed by atoms with Crippen molar-refractivity contribution in [2.24, 2.45) is 0 Å². The van der Waals surface area contributed by atoms with E-state index in [9.17, 15) is 14.7 Å². The third-order valence-electron chi connectivity index (χ3n) is 7.87. The number of ether oxygens (including phenoxy) is 2. The van der Waals surface area contributed by atoms with Gasteiger partial charge in [0.25, 0.3) is 0 Å². The third kappa shape index (κ3) is 5.75. The molecule has 7 nitrogen and oxygen atoms in total. The summed E-state index contributed by atoms with van der Waals surface area (Å²) >= 11 is 0. The van der Waals surface area contributed by atoms with Crippen LogP contribution < -0.4 is 10.1 Å². The number of anilines is 1. The Morgan fingerprint density at radius 3 is 2.49 bits per heavy atom. The number of carbonyl (C=O) groups is 2. The normalized spacial score (nSPS) is 13.5. The van der Waals surface area contributed by atoms with Crippen molar-refractivity contribution in [3.05, 3.63) is 107 Å². The topological polar surface area (TPSA) is 89.8 Å². The standard InChI is InChI=1S/C34H32N2O5/c1-40-32-20-26(33(37)38)13-12-25(32)18-29-19-27-17-28(35-34(39)41-30-8-4-5-9-30)14-15-31(27)36(29)21-22-10-11-23-6-2-3-7-24(23)16-22/h2-3,6-7,10-17,19-20,30H,4-5,8-9,18,21H2,1H3,(H,35,39)(H,37,38). The molecular weight excluding hydrogens is 516 g/mol. The number of nitrogens with zero attached hydrogens (tertiary/aromatic N) is 1. The molecule has 208 valence electrons. The van der Waals surface area contributed by atoms with Crippen molar-refractivity contribution < 1.29 is 24.2 Å². The van der Waals surface area contributed by atoms with E-state index in [-0.39, 0.29) is 11.7 Å². The highest BCUT2D eigenvalue weighted by atomic mass is 16.6. The molecule has 1 saturated carbocycles. The molecule has 41 heavy (non-hydrogen) atoms. The molecule has 4 aromatic carbocycles. The Kier molecular flexibility index (Phi) is 7.33. The van der Waals surface area contributed by atoms with Crippen LogP contribution in [-0.4, -0.2) is 34.9 Å². The van der Waals surface area contributed by atoms with Crippen molar-refractivity contribution in [2.45, 2.75) is 44.8 Å². The summed E-state index contributed by atoms with van der Waals surface area (Å²) in [6.07, 6.45) is 4.15. The third-order valence-corrected chi connectivity index (χ3v) is 7.87. The molecule has 0 atom stereocenters. The molecule has 0 aliphatic heterocycles. The molecule has 0 unspecified atom stereocenters. The monoisotopic (exact) mass is 548 g/mol. The Balaban J connectivity index is 1.35. The predicted molar refractivity (Wildman–Crippen MR) is 160 cm³/mol. The molecule has 0 bridgehead atoms. The SMILES string of the molecule is COc1cc(C(=O)O)ccc1Cc1cc2cc(NC(=O)OC3CCCC3)ccc2n1Cc1ccc2ccccc2c1. The molecule has 1 aliphatic carbocycles. The Labute approximate surface area is 238 Å². The first-order valence-electron chi connectivity index (χ1n) is 13.9. The first-order chi connectivity index (χ1) is 20.0. The first-order valence-corrected chi connectivity index (χ1v) is 13.9. The van der Waals surface area contributed by atoms with Crippen LogP contribution in [0.2, 0.25) is 0 Å². The number of aromatic nitrogens is 1. The number of hydrogen-bond acceptors (Lipinski definition) is 4. The lowest BCUT2D eigenvalue weighted by atomic mass is 10.0. The maximum absolute atomic E-state index is 12.5. The van der Waals surface area contributed by atoms with E-state index in [1.165, 1.54) is 10.8 Å². The lowest BCUT2D eigenvalue weighted by Gasteiger charge is -2.15. The fraction of sp³-hybridized carbons (Fsp3) is 0.235. The fourth-order valence-electron chi connectivity index (χ4n) is 5.78. The zero-order valence-electron chi connectivity index (χ0n) is 22.9. The van der Waals surface area contributed by atoms with Gasteiger partial charge < -0.3 is 19.1 Å². The minimum absolute atomic E-state index is 0.00383. The molecule has 1 aliphatic rings. The highest BCUT2D eigenvalue weighted by molar-refractivity contribution is 5.91. The van der Waals surface area contributed by atoms with Crippen molar-refractivity contribution in [1.29, 1.82) is 0 Å². The van der Waals surface area contributed by atoms with Crippen LogP contribution >= 0.6 is 0 Å². The Hall–Kier alpha value is -4.78. The van der Waals surface area contributed by atoms with Gasteiger partial charge in [-0.05, 0) is 84.5 Å². The molecule has 1 amide bonds. The van der Waals surface area contributed by atoms with E-state index in [0.29, 0.717) is 24.4 Å². The minimum atomic E-state index is -0.994. The second-order valence-corrected chi connectivity index (χ2v) is 10.6. The summed E-state index contributed by atoms with van der Waals surface area (Å²) in [6.45, 7) is 0.649. The number of amides is 1. The van der Waals surface area contributed by atoms with E-state index in [1.54, 1.807) is 19.2 Å². The molecule has 7 heteroatoms. The summed E-state index contributed by atoms with van der Waals surface area (Å²) in [6, 6.07) is 27.8. The number of methoxy groups -OCH3 is 1. The highest BCUT2D eigenvalue weighted by Crippen LogP contribution is 2.30. The second kappa shape index (κ2) is 11.4. The van der Waals surface area contributed by atoms with Gasteiger partial charge in [0.05, 0.1) is 12.7 Å². The highest BCUT2D eigenvalue weighted by Gasteiger charge is 2.20. The molecule has 0 radical (unpaired) electrons. The van der Waals surface area contributed by atoms with E-state index in [1.807, 2.05) is 36.4 Å². The lowest BCUT2D eigenvalue weighted by Crippen LogP contribution is -2.20. The van der Waals surface area contributed by atoms with Crippen LogP contribution in [0.1, 0.15) is 52.9 Å². The number of carbonyl (C=O) groups excluding carboxylic acids is 1. The average molecular weight is 549 g/mol. The zero-order chi connectivity index (χ0) is 28.3. The van der Waals surface area contributed by atoms with Crippen molar-refractivity contribution >= 4 is 39.4 Å². The molecule has 0 saturated heterocycles. The molecule has 1 aromatic heterocycles. The van der Waals surface area contributed by atoms with Crippen LogP contribution in [-0.2, 0) is 17.7 Å². The zero-order valence-corrected chi connectivity index (χ0v) is 22.9. The smallest absolute Gasteiger partial charge is 0.411 e. The number of hydrogen-bond donors (Lipinski definition) is 2. The van der Waals surface area contributed by atoms with Crippen molar-refractivity contribution in [3.63, 3.8) is 0 Å². The van der Waals surface area contributed by atoms with E-state index in [0.717, 1.165) is 53.4 Å². The number of carboxylic acid groups (broad SMARTS) is 1. The molecule has 6 rings (SSSR count). The van der Waals surface area contributed by atoms with E-state index in [2.05, 4.69) is 46.3 Å². The van der Waals surface area contributed by atoms with Gasteiger partial charge in [0.1, 0.15) is 11.9 Å². The van der Waals surface area contributed by atoms with Crippen LogP contribution in [0.15, 0.2) is 84.9 Å². The van der Waals surface area contributed by atoms with Crippen molar-refractivity contribution in [2.75, 3.05) is 12.4 Å². The largest absolute Gasteiger partial charge is 0.496 e. The molecule has 1 heterocycles. The number of rotatable bonds is 8. The predicted octanol–water partition coefficient (Wildman–Crippen LogP) is 7.63. The number of carboxylic acids is 1. The second-order valence-electron chi connectivity index (χ2n) is 10.6. The first kappa shape index (κ1) is 26.4. The van der Waals surface area contributed by atoms with Gasteiger partial charge in [0.2, 0.25) is 0 Å². The van der Waals surface area contributed by atoms with Gasteiger partial charge in [-0.2, -0.15) is 0 Å². The maximum Gasteiger partial charge on any atom is 0.411 e. The number of nitrogens with one attached hydrogen (secondary N) is 1. The van der Waals surface area contributed by atoms with Gasteiger partial charge in [-0.3, -0.25) is 5.32 Å². The molecule has 2 N–H and O–H groups in total. The summed E-state index contributed by atoms with van der Waals surface area (Å²) < 4.78 is 13.4. The number of aromatic carboxylic acids is 1. The summed E-state index contributed by atoms with van der Waals surface area (Å²) in [5.41, 5.74) is 4.99. The van der Waals surface area contributed by atoms with Gasteiger partial charge in [0.15, 0.2) is 0 Å².